The van der Waals surface area contributed by atoms with Gasteiger partial charge in [-0.05, 0) is 66.2 Å². The van der Waals surface area contributed by atoms with Crippen LogP contribution in [0.1, 0.15) is 66.4 Å². The Labute approximate surface area is 200 Å². The van der Waals surface area contributed by atoms with Crippen LogP contribution >= 0.6 is 12.2 Å². The number of carbonyl (C=O) groups is 2. The maximum absolute atomic E-state index is 13.7. The van der Waals surface area contributed by atoms with Crippen LogP contribution in [0.4, 0.5) is 0 Å². The lowest BCUT2D eigenvalue weighted by atomic mass is 9.58. The predicted octanol–water partition coefficient (Wildman–Crippen LogP) is 2.52. The third kappa shape index (κ3) is 5.47. The van der Waals surface area contributed by atoms with E-state index in [1.807, 2.05) is 30.3 Å². The van der Waals surface area contributed by atoms with E-state index in [2.05, 4.69) is 16.2 Å². The average molecular weight is 478 g/mol. The van der Waals surface area contributed by atoms with Crippen LogP contribution in [0.2, 0.25) is 0 Å². The zero-order chi connectivity index (χ0) is 24.8. The highest BCUT2D eigenvalue weighted by molar-refractivity contribution is 7.80. The quantitative estimate of drug-likeness (QED) is 0.386. The second-order valence-electron chi connectivity index (χ2n) is 11.2. The van der Waals surface area contributed by atoms with Crippen molar-refractivity contribution in [2.45, 2.75) is 83.3 Å². The molecule has 8 nitrogen and oxygen atoms in total. The van der Waals surface area contributed by atoms with Crippen LogP contribution in [0.3, 0.4) is 0 Å². The zero-order valence-corrected chi connectivity index (χ0v) is 21.1. The van der Waals surface area contributed by atoms with Gasteiger partial charge in [0.05, 0.1) is 11.5 Å². The van der Waals surface area contributed by atoms with Gasteiger partial charge in [0.15, 0.2) is 5.11 Å². The van der Waals surface area contributed by atoms with E-state index in [9.17, 15) is 14.7 Å². The molecule has 0 aromatic heterocycles. The number of carbonyl (C=O) groups excluding carboxylic acids is 2. The number of nitrogens with one attached hydrogen (secondary N) is 3. The number of thiocarbonyl (C=S) groups is 1. The minimum Gasteiger partial charge on any atom is -0.460 e. The van der Waals surface area contributed by atoms with Gasteiger partial charge in [-0.3, -0.25) is 15.0 Å². The van der Waals surface area contributed by atoms with Crippen molar-refractivity contribution in [3.05, 3.63) is 35.9 Å². The molecule has 33 heavy (non-hydrogen) atoms. The van der Waals surface area contributed by atoms with Crippen LogP contribution in [-0.4, -0.2) is 44.6 Å². The summed E-state index contributed by atoms with van der Waals surface area (Å²) in [5.74, 6) is -3.78. The summed E-state index contributed by atoms with van der Waals surface area (Å²) in [7, 11) is 0. The Bertz CT molecular complexity index is 922. The first-order chi connectivity index (χ1) is 15.0. The van der Waals surface area contributed by atoms with E-state index >= 15 is 0 Å². The summed E-state index contributed by atoms with van der Waals surface area (Å²) in [4.78, 5) is 27.2. The first-order valence-electron chi connectivity index (χ1n) is 11.1. The maximum Gasteiger partial charge on any atom is 0.313 e. The summed E-state index contributed by atoms with van der Waals surface area (Å²) in [6.45, 7) is 12.3. The highest BCUT2D eigenvalue weighted by Gasteiger charge is 2.65. The maximum atomic E-state index is 13.7. The van der Waals surface area contributed by atoms with Gasteiger partial charge in [0.25, 0.3) is 0 Å². The Morgan fingerprint density at radius 3 is 1.97 bits per heavy atom. The summed E-state index contributed by atoms with van der Waals surface area (Å²) in [5.41, 5.74) is 2.41. The molecule has 1 heterocycles. The van der Waals surface area contributed by atoms with Crippen molar-refractivity contribution >= 4 is 29.3 Å². The number of aliphatic hydroxyl groups is 1. The number of rotatable bonds is 3. The number of hydrogen-bond acceptors (Lipinski definition) is 7. The molecule has 4 N–H and O–H groups in total. The lowest BCUT2D eigenvalue weighted by molar-refractivity contribution is -0.190. The lowest BCUT2D eigenvalue weighted by Gasteiger charge is -2.53. The fourth-order valence-electron chi connectivity index (χ4n) is 4.89. The Morgan fingerprint density at radius 2 is 1.52 bits per heavy atom. The van der Waals surface area contributed by atoms with Crippen LogP contribution in [0, 0.1) is 11.8 Å². The molecule has 2 aliphatic rings. The molecular weight excluding hydrogens is 442 g/mol. The number of ether oxygens (including phenoxy) is 2. The summed E-state index contributed by atoms with van der Waals surface area (Å²) in [6, 6.07) is 9.21. The molecule has 9 heteroatoms. The van der Waals surface area contributed by atoms with E-state index in [1.165, 1.54) is 0 Å². The molecule has 1 aromatic carbocycles. The largest absolute Gasteiger partial charge is 0.460 e. The van der Waals surface area contributed by atoms with Gasteiger partial charge in [-0.15, -0.1) is 0 Å². The normalized spacial score (nSPS) is 32.1. The average Bonchev–Trinajstić information content (AvgIpc) is 2.98. The van der Waals surface area contributed by atoms with Crippen LogP contribution in [-0.2, 0) is 19.1 Å². The molecule has 1 saturated carbocycles. The van der Waals surface area contributed by atoms with Crippen molar-refractivity contribution in [2.24, 2.45) is 11.8 Å². The molecule has 1 aliphatic heterocycles. The first-order valence-corrected chi connectivity index (χ1v) is 11.5. The first kappa shape index (κ1) is 25.4. The molecule has 3 rings (SSSR count). The highest BCUT2D eigenvalue weighted by atomic mass is 32.1. The van der Waals surface area contributed by atoms with Crippen LogP contribution < -0.4 is 16.2 Å². The molecule has 0 unspecified atom stereocenters. The molecule has 1 aromatic rings. The summed E-state index contributed by atoms with van der Waals surface area (Å²) >= 11 is 5.29. The van der Waals surface area contributed by atoms with Gasteiger partial charge in [-0.1, -0.05) is 30.3 Å². The van der Waals surface area contributed by atoms with E-state index in [-0.39, 0.29) is 6.42 Å². The summed E-state index contributed by atoms with van der Waals surface area (Å²) < 4.78 is 11.6. The smallest absolute Gasteiger partial charge is 0.313 e. The minimum atomic E-state index is -1.54. The molecule has 0 bridgehead atoms. The van der Waals surface area contributed by atoms with Crippen molar-refractivity contribution < 1.29 is 24.2 Å². The van der Waals surface area contributed by atoms with E-state index < -0.39 is 52.2 Å². The number of esters is 2. The summed E-state index contributed by atoms with van der Waals surface area (Å²) in [6.07, 6.45) is 0.00426. The Morgan fingerprint density at radius 1 is 1.00 bits per heavy atom. The van der Waals surface area contributed by atoms with E-state index in [1.54, 1.807) is 48.5 Å². The molecule has 0 radical (unpaired) electrons. The van der Waals surface area contributed by atoms with Gasteiger partial charge >= 0.3 is 11.9 Å². The Kier molecular flexibility index (Phi) is 6.56. The number of hydrazine groups is 1. The van der Waals surface area contributed by atoms with E-state index in [0.29, 0.717) is 10.7 Å². The monoisotopic (exact) mass is 477 g/mol. The van der Waals surface area contributed by atoms with Crippen molar-refractivity contribution in [3.8, 4) is 0 Å². The second-order valence-corrected chi connectivity index (χ2v) is 11.6. The van der Waals surface area contributed by atoms with Gasteiger partial charge in [0.2, 0.25) is 0 Å². The molecule has 1 saturated heterocycles. The van der Waals surface area contributed by atoms with Crippen molar-refractivity contribution in [1.29, 1.82) is 0 Å². The van der Waals surface area contributed by atoms with E-state index in [0.717, 1.165) is 0 Å². The summed E-state index contributed by atoms with van der Waals surface area (Å²) in [5, 5.41) is 15.1. The van der Waals surface area contributed by atoms with Crippen molar-refractivity contribution in [2.75, 3.05) is 0 Å². The molecule has 5 atom stereocenters. The fourth-order valence-corrected chi connectivity index (χ4v) is 5.12. The third-order valence-electron chi connectivity index (χ3n) is 5.80. The van der Waals surface area contributed by atoms with Crippen molar-refractivity contribution in [3.63, 3.8) is 0 Å². The number of hydrogen-bond donors (Lipinski definition) is 4. The van der Waals surface area contributed by atoms with Gasteiger partial charge in [0, 0.05) is 12.3 Å². The lowest BCUT2D eigenvalue weighted by Crippen LogP contribution is -2.70. The molecule has 0 amide bonds. The fraction of sp³-hybridized carbons (Fsp3) is 0.625. The minimum absolute atomic E-state index is 0.00426. The van der Waals surface area contributed by atoms with Gasteiger partial charge in [0.1, 0.15) is 22.8 Å². The Balaban J connectivity index is 2.21. The standard InChI is InChI=1S/C24H35N3O5S/c1-21(2,3)31-18(28)16-15(14-11-9-8-10-12-14)17(19(29)32-22(4,5)6)24(13-23(16,7)30)25-20(33)26-27-24/h8-12,15-17,27,30H,13H2,1-7H3,(H2,25,26,33)/t15-,16-,17+,23+,24+/m1/s1. The molecule has 182 valence electrons. The predicted molar refractivity (Wildman–Crippen MR) is 128 cm³/mol. The van der Waals surface area contributed by atoms with Crippen LogP contribution in [0.15, 0.2) is 30.3 Å². The van der Waals surface area contributed by atoms with Gasteiger partial charge in [-0.2, -0.15) is 0 Å². The van der Waals surface area contributed by atoms with E-state index in [4.69, 9.17) is 21.7 Å². The second kappa shape index (κ2) is 8.52. The molecular formula is C24H35N3O5S. The SMILES string of the molecule is CC(C)(C)OC(=O)[C@@H]1[C@H](c2ccccc2)[C@H](C(=O)OC(C)(C)C)[C@@](C)(O)C[C@]12NNC(=S)N2. The Hall–Kier alpha value is -2.23. The molecule has 1 aliphatic carbocycles. The van der Waals surface area contributed by atoms with Gasteiger partial charge in [-0.25, -0.2) is 5.43 Å². The topological polar surface area (TPSA) is 109 Å². The highest BCUT2D eigenvalue weighted by Crippen LogP contribution is 2.52. The van der Waals surface area contributed by atoms with Crippen LogP contribution in [0.25, 0.3) is 0 Å². The third-order valence-corrected chi connectivity index (χ3v) is 6.00. The molecule has 1 spiro atoms. The number of benzene rings is 1. The van der Waals surface area contributed by atoms with Crippen LogP contribution in [0.5, 0.6) is 0 Å². The zero-order valence-electron chi connectivity index (χ0n) is 20.3. The van der Waals surface area contributed by atoms with Crippen molar-refractivity contribution in [1.82, 2.24) is 16.2 Å². The van der Waals surface area contributed by atoms with Gasteiger partial charge < -0.3 is 19.9 Å². The molecule has 2 fully saturated rings.